The lowest BCUT2D eigenvalue weighted by Gasteiger charge is -2.09. The Balaban J connectivity index is 2.56. The number of methoxy groups -OCH3 is 1. The Morgan fingerprint density at radius 2 is 2.21 bits per heavy atom. The van der Waals surface area contributed by atoms with Crippen molar-refractivity contribution in [2.24, 2.45) is 0 Å². The third kappa shape index (κ3) is 5.93. The van der Waals surface area contributed by atoms with E-state index in [1.54, 1.807) is 23.9 Å². The van der Waals surface area contributed by atoms with Gasteiger partial charge in [-0.3, -0.25) is 0 Å². The van der Waals surface area contributed by atoms with Gasteiger partial charge in [0.2, 0.25) is 0 Å². The molecule has 1 aromatic carbocycles. The first-order valence-electron chi connectivity index (χ1n) is 5.82. The third-order valence-electron chi connectivity index (χ3n) is 2.35. The molecule has 1 unspecified atom stereocenters. The Bertz CT molecular complexity index is 426. The minimum absolute atomic E-state index is 0.126. The van der Waals surface area contributed by atoms with E-state index in [1.165, 1.54) is 7.11 Å². The maximum atomic E-state index is 10.9. The Labute approximate surface area is 127 Å². The topological polar surface area (TPSA) is 35.5 Å². The fraction of sp³-hybridized carbons (Fsp3) is 0.462. The van der Waals surface area contributed by atoms with Gasteiger partial charge in [0.15, 0.2) is 6.61 Å². The number of thioether (sulfide) groups is 1. The van der Waals surface area contributed by atoms with Crippen molar-refractivity contribution in [3.05, 3.63) is 23.2 Å². The summed E-state index contributed by atoms with van der Waals surface area (Å²) in [7, 11) is 1.31. The summed E-state index contributed by atoms with van der Waals surface area (Å²) in [4.78, 5) is 11.9. The Kier molecular flexibility index (Phi) is 7.42. The average Bonchev–Trinajstić information content (AvgIpc) is 2.43. The molecule has 0 fully saturated rings. The van der Waals surface area contributed by atoms with Crippen molar-refractivity contribution in [2.45, 2.75) is 23.6 Å². The van der Waals surface area contributed by atoms with Crippen molar-refractivity contribution < 1.29 is 14.3 Å². The summed E-state index contributed by atoms with van der Waals surface area (Å²) in [5, 5.41) is 0.726. The summed E-state index contributed by atoms with van der Waals surface area (Å²) < 4.78 is 9.73. The summed E-state index contributed by atoms with van der Waals surface area (Å²) in [6.45, 7) is 1.92. The number of rotatable bonds is 7. The van der Waals surface area contributed by atoms with E-state index in [9.17, 15) is 4.79 Å². The van der Waals surface area contributed by atoms with E-state index in [0.29, 0.717) is 10.8 Å². The lowest BCUT2D eigenvalue weighted by molar-refractivity contribution is -0.142. The zero-order valence-electron chi connectivity index (χ0n) is 10.8. The minimum Gasteiger partial charge on any atom is -0.482 e. The van der Waals surface area contributed by atoms with Crippen LogP contribution in [-0.2, 0) is 9.53 Å². The van der Waals surface area contributed by atoms with E-state index in [4.69, 9.17) is 27.9 Å². The molecule has 0 aliphatic heterocycles. The zero-order chi connectivity index (χ0) is 14.3. The van der Waals surface area contributed by atoms with Crippen LogP contribution in [0.3, 0.4) is 0 Å². The van der Waals surface area contributed by atoms with Crippen LogP contribution in [0.2, 0.25) is 5.02 Å². The molecule has 0 heterocycles. The predicted molar refractivity (Wildman–Crippen MR) is 79.6 cm³/mol. The van der Waals surface area contributed by atoms with Crippen molar-refractivity contribution >= 4 is 40.9 Å². The molecule has 3 nitrogen and oxygen atoms in total. The first-order valence-corrected chi connectivity index (χ1v) is 7.62. The van der Waals surface area contributed by atoms with Crippen LogP contribution in [0.25, 0.3) is 0 Å². The molecule has 1 rings (SSSR count). The van der Waals surface area contributed by atoms with E-state index < -0.39 is 5.97 Å². The molecule has 0 aliphatic rings. The molecule has 0 amide bonds. The summed E-state index contributed by atoms with van der Waals surface area (Å²) >= 11 is 13.8. The minimum atomic E-state index is -0.428. The second kappa shape index (κ2) is 8.56. The Morgan fingerprint density at radius 3 is 2.79 bits per heavy atom. The molecule has 106 valence electrons. The van der Waals surface area contributed by atoms with E-state index in [1.807, 2.05) is 13.0 Å². The second-order valence-corrected chi connectivity index (χ2v) is 5.86. The fourth-order valence-electron chi connectivity index (χ4n) is 1.19. The smallest absolute Gasteiger partial charge is 0.343 e. The number of esters is 1. The lowest BCUT2D eigenvalue weighted by atomic mass is 10.3. The number of alkyl halides is 1. The molecular weight excluding hydrogens is 307 g/mol. The van der Waals surface area contributed by atoms with Gasteiger partial charge in [-0.05, 0) is 24.6 Å². The molecule has 0 N–H and O–H groups in total. The second-order valence-electron chi connectivity index (χ2n) is 3.77. The van der Waals surface area contributed by atoms with Gasteiger partial charge >= 0.3 is 5.97 Å². The molecule has 1 aromatic rings. The highest BCUT2D eigenvalue weighted by Gasteiger charge is 2.08. The number of halogens is 2. The van der Waals surface area contributed by atoms with Crippen molar-refractivity contribution in [3.8, 4) is 5.75 Å². The molecule has 1 atom stereocenters. The number of carbonyl (C=O) groups is 1. The maximum absolute atomic E-state index is 10.9. The molecule has 0 saturated carbocycles. The molecule has 0 saturated heterocycles. The zero-order valence-corrected chi connectivity index (χ0v) is 13.1. The van der Waals surface area contributed by atoms with Gasteiger partial charge in [-0.1, -0.05) is 18.5 Å². The third-order valence-corrected chi connectivity index (χ3v) is 4.66. The number of carbonyl (C=O) groups excluding carboxylic acids is 1. The number of ether oxygens (including phenoxy) is 2. The summed E-state index contributed by atoms with van der Waals surface area (Å²) in [5.74, 6) is 0.917. The highest BCUT2D eigenvalue weighted by molar-refractivity contribution is 7.99. The molecule has 0 aliphatic carbocycles. The van der Waals surface area contributed by atoms with Crippen LogP contribution in [0.5, 0.6) is 5.75 Å². The van der Waals surface area contributed by atoms with E-state index in [0.717, 1.165) is 17.1 Å². The van der Waals surface area contributed by atoms with Crippen molar-refractivity contribution in [3.63, 3.8) is 0 Å². The van der Waals surface area contributed by atoms with Gasteiger partial charge in [0.25, 0.3) is 0 Å². The average molecular weight is 323 g/mol. The van der Waals surface area contributed by atoms with Crippen molar-refractivity contribution in [1.82, 2.24) is 0 Å². The van der Waals surface area contributed by atoms with E-state index in [2.05, 4.69) is 4.74 Å². The first-order chi connectivity index (χ1) is 9.06. The van der Waals surface area contributed by atoms with Crippen LogP contribution in [-0.4, -0.2) is 30.8 Å². The van der Waals surface area contributed by atoms with Crippen LogP contribution in [0, 0.1) is 0 Å². The number of hydrogen-bond donors (Lipinski definition) is 0. The molecule has 0 spiro atoms. The van der Waals surface area contributed by atoms with Crippen molar-refractivity contribution in [1.29, 1.82) is 0 Å². The highest BCUT2D eigenvalue weighted by Crippen LogP contribution is 2.31. The molecule has 0 bridgehead atoms. The lowest BCUT2D eigenvalue weighted by Crippen LogP contribution is -2.12. The van der Waals surface area contributed by atoms with Gasteiger partial charge in [0.05, 0.1) is 12.1 Å². The molecule has 19 heavy (non-hydrogen) atoms. The van der Waals surface area contributed by atoms with Gasteiger partial charge < -0.3 is 9.47 Å². The van der Waals surface area contributed by atoms with Gasteiger partial charge in [-0.15, -0.1) is 23.4 Å². The fourth-order valence-corrected chi connectivity index (χ4v) is 2.67. The van der Waals surface area contributed by atoms with Crippen LogP contribution < -0.4 is 4.74 Å². The van der Waals surface area contributed by atoms with Gasteiger partial charge in [0, 0.05) is 16.0 Å². The monoisotopic (exact) mass is 322 g/mol. The molecule has 6 heteroatoms. The van der Waals surface area contributed by atoms with Crippen LogP contribution >= 0.6 is 35.0 Å². The van der Waals surface area contributed by atoms with Crippen LogP contribution in [0.1, 0.15) is 13.3 Å². The Hall–Kier alpha value is -0.580. The molecular formula is C13H16Cl2O3S. The standard InChI is InChI=1S/C13H16Cl2O3S/c1-3-9(14)8-19-12-5-4-10(6-11(12)15)18-7-13(16)17-2/h4-6,9H,3,7-8H2,1-2H3. The van der Waals surface area contributed by atoms with Gasteiger partial charge in [-0.25, -0.2) is 4.79 Å². The van der Waals surface area contributed by atoms with Gasteiger partial charge in [-0.2, -0.15) is 0 Å². The largest absolute Gasteiger partial charge is 0.482 e. The Morgan fingerprint density at radius 1 is 1.47 bits per heavy atom. The molecule has 0 aromatic heterocycles. The maximum Gasteiger partial charge on any atom is 0.343 e. The van der Waals surface area contributed by atoms with Crippen molar-refractivity contribution in [2.75, 3.05) is 19.5 Å². The predicted octanol–water partition coefficient (Wildman–Crippen LogP) is 4.00. The first kappa shape index (κ1) is 16.5. The summed E-state index contributed by atoms with van der Waals surface area (Å²) in [6.07, 6.45) is 0.923. The quantitative estimate of drug-likeness (QED) is 0.432. The van der Waals surface area contributed by atoms with Crippen LogP contribution in [0.4, 0.5) is 0 Å². The van der Waals surface area contributed by atoms with E-state index in [-0.39, 0.29) is 12.0 Å². The SMILES string of the molecule is CCC(Cl)CSc1ccc(OCC(=O)OC)cc1Cl. The molecule has 0 radical (unpaired) electrons. The highest BCUT2D eigenvalue weighted by atomic mass is 35.5. The normalized spacial score (nSPS) is 12.0. The van der Waals surface area contributed by atoms with E-state index >= 15 is 0 Å². The van der Waals surface area contributed by atoms with Gasteiger partial charge in [0.1, 0.15) is 5.75 Å². The number of benzene rings is 1. The summed E-state index contributed by atoms with van der Waals surface area (Å²) in [5.41, 5.74) is 0. The summed E-state index contributed by atoms with van der Waals surface area (Å²) in [6, 6.07) is 5.31. The number of hydrogen-bond acceptors (Lipinski definition) is 4. The van der Waals surface area contributed by atoms with Crippen LogP contribution in [0.15, 0.2) is 23.1 Å².